The van der Waals surface area contributed by atoms with Gasteiger partial charge in [0.05, 0.1) is 6.07 Å². The number of hydrogen-bond donors (Lipinski definition) is 4. The first-order chi connectivity index (χ1) is 26.9. The lowest BCUT2D eigenvalue weighted by Gasteiger charge is -2.21. The van der Waals surface area contributed by atoms with Gasteiger partial charge < -0.3 is 30.6 Å². The van der Waals surface area contributed by atoms with E-state index < -0.39 is 0 Å². The standard InChI is InChI=1S/C47H54N6O3/c1-30(2)46(54)50-23-11-21-48-28-41-35-13-9-10-14-36(35)42(29-49-22-12-24-51-47(55)31(3)4)40-25-32(15-18-37(40)41)45-38-19-16-33(52(5)6)26-43(38)56-44-27-34(53(7)8)17-20-39(44)45/h9-10,13-20,25-27,48-49H,1,3,11-12,21-24,28-29H2,2,4-8H3,(H-,50,51,54,55)/p+1. The fourth-order valence-corrected chi connectivity index (χ4v) is 7.19. The molecule has 2 aliphatic rings. The van der Waals surface area contributed by atoms with E-state index in [2.05, 4.69) is 123 Å². The van der Waals surface area contributed by atoms with Gasteiger partial charge in [0.2, 0.25) is 17.2 Å². The zero-order valence-electron chi connectivity index (χ0n) is 33.7. The van der Waals surface area contributed by atoms with Crippen LogP contribution in [0.25, 0.3) is 55.0 Å². The first-order valence-corrected chi connectivity index (χ1v) is 19.4. The number of hydrogen-bond acceptors (Lipinski definition) is 6. The molecule has 0 saturated carbocycles. The first-order valence-electron chi connectivity index (χ1n) is 19.4. The predicted octanol–water partition coefficient (Wildman–Crippen LogP) is 6.95. The highest BCUT2D eigenvalue weighted by atomic mass is 16.3. The second-order valence-corrected chi connectivity index (χ2v) is 15.0. The number of anilines is 1. The van der Waals surface area contributed by atoms with Crippen LogP contribution in [0.15, 0.2) is 108 Å². The van der Waals surface area contributed by atoms with Gasteiger partial charge in [-0.3, -0.25) is 9.59 Å². The number of nitrogens with zero attached hydrogens (tertiary/aromatic N) is 2. The lowest BCUT2D eigenvalue weighted by molar-refractivity contribution is -0.118. The van der Waals surface area contributed by atoms with Gasteiger partial charge in [0.25, 0.3) is 0 Å². The second kappa shape index (κ2) is 17.8. The van der Waals surface area contributed by atoms with Crippen molar-refractivity contribution in [2.24, 2.45) is 0 Å². The van der Waals surface area contributed by atoms with Gasteiger partial charge in [-0.15, -0.1) is 0 Å². The molecule has 56 heavy (non-hydrogen) atoms. The number of amides is 2. The molecule has 4 aromatic carbocycles. The fourth-order valence-electron chi connectivity index (χ4n) is 7.19. The number of benzene rings is 5. The van der Waals surface area contributed by atoms with Crippen molar-refractivity contribution in [2.75, 3.05) is 59.3 Å². The Labute approximate surface area is 330 Å². The highest BCUT2D eigenvalue weighted by Gasteiger charge is 2.21. The minimum absolute atomic E-state index is 0.109. The summed E-state index contributed by atoms with van der Waals surface area (Å²) < 4.78 is 8.75. The third kappa shape index (κ3) is 8.85. The highest BCUT2D eigenvalue weighted by molar-refractivity contribution is 6.09. The molecule has 0 spiro atoms. The van der Waals surface area contributed by atoms with Gasteiger partial charge in [0.15, 0.2) is 0 Å². The molecule has 1 heterocycles. The Bertz CT molecular complexity index is 2490. The lowest BCUT2D eigenvalue weighted by atomic mass is 9.87. The Balaban J connectivity index is 1.46. The maximum absolute atomic E-state index is 12.0. The zero-order chi connectivity index (χ0) is 39.9. The number of nitrogens with one attached hydrogen (secondary N) is 4. The van der Waals surface area contributed by atoms with Crippen molar-refractivity contribution in [2.45, 2.75) is 39.8 Å². The zero-order valence-corrected chi connectivity index (χ0v) is 33.7. The molecule has 6 rings (SSSR count). The number of carbonyl (C=O) groups is 2. The summed E-state index contributed by atoms with van der Waals surface area (Å²) in [6.07, 6.45) is 1.60. The molecule has 0 radical (unpaired) electrons. The SMILES string of the molecule is C=C(C)C(=O)NCCCNCc1c2ccccc2c(CNCCCNC(=O)C(=C)C)c2cc(-c3c4ccc(=[N+](C)C)cc-4oc4cc(N(C)C)ccc34)ccc12. The van der Waals surface area contributed by atoms with E-state index in [9.17, 15) is 9.59 Å². The molecular weight excluding hydrogens is 697 g/mol. The summed E-state index contributed by atoms with van der Waals surface area (Å²) in [7, 11) is 8.18. The van der Waals surface area contributed by atoms with Crippen LogP contribution >= 0.6 is 0 Å². The molecule has 0 saturated heterocycles. The van der Waals surface area contributed by atoms with Crippen LogP contribution in [-0.4, -0.2) is 66.2 Å². The van der Waals surface area contributed by atoms with Crippen molar-refractivity contribution in [1.82, 2.24) is 25.8 Å². The Morgan fingerprint density at radius 3 is 1.82 bits per heavy atom. The molecule has 0 unspecified atom stereocenters. The third-order valence-electron chi connectivity index (χ3n) is 10.3. The Kier molecular flexibility index (Phi) is 12.7. The minimum atomic E-state index is -0.111. The van der Waals surface area contributed by atoms with Gasteiger partial charge >= 0.3 is 0 Å². The van der Waals surface area contributed by atoms with Crippen LogP contribution in [-0.2, 0) is 22.7 Å². The average Bonchev–Trinajstić information content (AvgIpc) is 3.18. The molecule has 2 amide bonds. The van der Waals surface area contributed by atoms with Gasteiger partial charge in [-0.2, -0.15) is 0 Å². The summed E-state index contributed by atoms with van der Waals surface area (Å²) >= 11 is 0. The van der Waals surface area contributed by atoms with Crippen LogP contribution < -0.4 is 36.1 Å². The van der Waals surface area contributed by atoms with Crippen molar-refractivity contribution < 1.29 is 14.0 Å². The van der Waals surface area contributed by atoms with E-state index in [4.69, 9.17) is 4.42 Å². The summed E-state index contributed by atoms with van der Waals surface area (Å²) in [6, 6.07) is 28.4. The normalized spacial score (nSPS) is 11.3. The number of carbonyl (C=O) groups excluding carboxylic acids is 2. The van der Waals surface area contributed by atoms with Crippen LogP contribution in [0, 0.1) is 0 Å². The molecule has 4 N–H and O–H groups in total. The number of rotatable bonds is 16. The summed E-state index contributed by atoms with van der Waals surface area (Å²) in [5.41, 5.74) is 8.71. The fraction of sp³-hybridized carbons (Fsp3) is 0.298. The third-order valence-corrected chi connectivity index (χ3v) is 10.3. The monoisotopic (exact) mass is 751 g/mol. The van der Waals surface area contributed by atoms with E-state index in [-0.39, 0.29) is 11.8 Å². The Morgan fingerprint density at radius 2 is 1.25 bits per heavy atom. The lowest BCUT2D eigenvalue weighted by Crippen LogP contribution is -2.27. The topological polar surface area (TPSA) is 102 Å². The molecule has 0 bridgehead atoms. The smallest absolute Gasteiger partial charge is 0.246 e. The Morgan fingerprint density at radius 1 is 0.679 bits per heavy atom. The summed E-state index contributed by atoms with van der Waals surface area (Å²) in [5.74, 6) is 0.612. The minimum Gasteiger partial charge on any atom is -0.456 e. The molecule has 0 atom stereocenters. The average molecular weight is 752 g/mol. The van der Waals surface area contributed by atoms with Gasteiger partial charge in [0.1, 0.15) is 25.4 Å². The summed E-state index contributed by atoms with van der Waals surface area (Å²) in [5, 5.41) is 20.2. The van der Waals surface area contributed by atoms with E-state index in [1.165, 1.54) is 32.7 Å². The first kappa shape index (κ1) is 39.9. The summed E-state index contributed by atoms with van der Waals surface area (Å²) in [6.45, 7) is 14.9. The van der Waals surface area contributed by atoms with Crippen LogP contribution in [0.3, 0.4) is 0 Å². The second-order valence-electron chi connectivity index (χ2n) is 15.0. The van der Waals surface area contributed by atoms with Crippen LogP contribution in [0.4, 0.5) is 5.69 Å². The maximum Gasteiger partial charge on any atom is 0.246 e. The van der Waals surface area contributed by atoms with Crippen LogP contribution in [0.2, 0.25) is 0 Å². The largest absolute Gasteiger partial charge is 0.456 e. The van der Waals surface area contributed by atoms with E-state index in [1.807, 2.05) is 28.2 Å². The van der Waals surface area contributed by atoms with Crippen molar-refractivity contribution >= 4 is 50.0 Å². The molecule has 0 aromatic heterocycles. The van der Waals surface area contributed by atoms with Gasteiger partial charge in [-0.25, -0.2) is 4.58 Å². The van der Waals surface area contributed by atoms with Crippen LogP contribution in [0.1, 0.15) is 37.8 Å². The van der Waals surface area contributed by atoms with Crippen LogP contribution in [0.5, 0.6) is 0 Å². The number of fused-ring (bicyclic) bond motifs is 4. The van der Waals surface area contributed by atoms with E-state index in [0.717, 1.165) is 70.4 Å². The van der Waals surface area contributed by atoms with E-state index >= 15 is 0 Å². The molecule has 9 heteroatoms. The maximum atomic E-state index is 12.0. The van der Waals surface area contributed by atoms with E-state index in [1.54, 1.807) is 13.8 Å². The predicted molar refractivity (Wildman–Crippen MR) is 233 cm³/mol. The van der Waals surface area contributed by atoms with E-state index in [0.29, 0.717) is 37.3 Å². The van der Waals surface area contributed by atoms with Crippen molar-refractivity contribution in [3.8, 4) is 22.5 Å². The summed E-state index contributed by atoms with van der Waals surface area (Å²) in [4.78, 5) is 26.1. The molecule has 1 aliphatic heterocycles. The molecule has 290 valence electrons. The van der Waals surface area contributed by atoms with Crippen molar-refractivity contribution in [3.05, 3.63) is 120 Å². The van der Waals surface area contributed by atoms with Gasteiger partial charge in [-0.1, -0.05) is 49.6 Å². The highest BCUT2D eigenvalue weighted by Crippen LogP contribution is 2.43. The molecule has 1 aliphatic carbocycles. The molecule has 0 fully saturated rings. The molecule has 9 nitrogen and oxygen atoms in total. The van der Waals surface area contributed by atoms with Gasteiger partial charge in [0, 0.05) is 85.8 Å². The van der Waals surface area contributed by atoms with Crippen molar-refractivity contribution in [1.29, 1.82) is 0 Å². The van der Waals surface area contributed by atoms with Gasteiger partial charge in [-0.05, 0) is 102 Å². The van der Waals surface area contributed by atoms with Crippen molar-refractivity contribution in [3.63, 3.8) is 0 Å². The Hall–Kier alpha value is -5.77. The quantitative estimate of drug-likeness (QED) is 0.0370. The molecular formula is C47H55N6O3+. The molecule has 4 aromatic rings.